The van der Waals surface area contributed by atoms with Crippen LogP contribution >= 0.6 is 15.9 Å². The van der Waals surface area contributed by atoms with E-state index < -0.39 is 0 Å². The van der Waals surface area contributed by atoms with Gasteiger partial charge in [0.25, 0.3) is 5.56 Å². The molecule has 0 saturated carbocycles. The van der Waals surface area contributed by atoms with Gasteiger partial charge in [0.2, 0.25) is 0 Å². The van der Waals surface area contributed by atoms with E-state index in [-0.39, 0.29) is 5.56 Å². The summed E-state index contributed by atoms with van der Waals surface area (Å²) in [4.78, 5) is 18.1. The Hall–Kier alpha value is -2.73. The minimum atomic E-state index is -0.140. The largest absolute Gasteiger partial charge is 0.344 e. The van der Waals surface area contributed by atoms with Gasteiger partial charge in [-0.05, 0) is 44.0 Å². The van der Waals surface area contributed by atoms with Crippen LogP contribution < -0.4 is 5.56 Å². The van der Waals surface area contributed by atoms with E-state index in [1.807, 2.05) is 24.3 Å². The van der Waals surface area contributed by atoms with Crippen molar-refractivity contribution in [3.8, 4) is 0 Å². The maximum atomic E-state index is 13.3. The first-order valence-corrected chi connectivity index (χ1v) is 11.7. The van der Waals surface area contributed by atoms with E-state index in [1.165, 1.54) is 10.2 Å². The number of fused-ring (bicyclic) bond motifs is 2. The number of halogens is 1. The van der Waals surface area contributed by atoms with E-state index in [1.54, 1.807) is 6.21 Å². The Balaban J connectivity index is 1.86. The van der Waals surface area contributed by atoms with E-state index in [4.69, 9.17) is 4.98 Å². The lowest BCUT2D eigenvalue weighted by atomic mass is 10.2. The summed E-state index contributed by atoms with van der Waals surface area (Å²) in [6.45, 7) is 6.53. The van der Waals surface area contributed by atoms with Crippen molar-refractivity contribution in [3.05, 3.63) is 74.9 Å². The summed E-state index contributed by atoms with van der Waals surface area (Å²) in [5.41, 5.74) is 2.74. The molecule has 0 radical (unpaired) electrons. The van der Waals surface area contributed by atoms with Gasteiger partial charge in [-0.25, -0.2) is 4.98 Å². The average molecular weight is 479 g/mol. The van der Waals surface area contributed by atoms with Gasteiger partial charge in [0.1, 0.15) is 5.82 Å². The minimum absolute atomic E-state index is 0.140. The van der Waals surface area contributed by atoms with Crippen LogP contribution in [0.15, 0.2) is 63.0 Å². The molecule has 1 atom stereocenters. The molecular formula is C25H27BrN4O. The van der Waals surface area contributed by atoms with Crippen LogP contribution in [-0.2, 0) is 6.42 Å². The highest BCUT2D eigenvalue weighted by atomic mass is 79.9. The van der Waals surface area contributed by atoms with Crippen molar-refractivity contribution in [1.29, 1.82) is 0 Å². The van der Waals surface area contributed by atoms with E-state index in [9.17, 15) is 4.79 Å². The normalized spacial score (nSPS) is 12.9. The van der Waals surface area contributed by atoms with Crippen LogP contribution in [0.25, 0.3) is 21.8 Å². The van der Waals surface area contributed by atoms with E-state index in [0.29, 0.717) is 29.2 Å². The Labute approximate surface area is 190 Å². The fraction of sp³-hybridized carbons (Fsp3) is 0.320. The minimum Gasteiger partial charge on any atom is -0.344 e. The molecule has 0 aliphatic carbocycles. The molecule has 2 heterocycles. The number of para-hydroxylation sites is 1. The fourth-order valence-corrected chi connectivity index (χ4v) is 4.19. The molecule has 4 aromatic rings. The van der Waals surface area contributed by atoms with Crippen molar-refractivity contribution in [2.75, 3.05) is 0 Å². The lowest BCUT2D eigenvalue weighted by Crippen LogP contribution is -2.22. The molecule has 0 bridgehead atoms. The monoisotopic (exact) mass is 478 g/mol. The zero-order chi connectivity index (χ0) is 22.0. The van der Waals surface area contributed by atoms with E-state index in [0.717, 1.165) is 34.7 Å². The van der Waals surface area contributed by atoms with Gasteiger partial charge in [-0.1, -0.05) is 54.4 Å². The number of unbranched alkanes of at least 4 members (excludes halogenated alkanes) is 1. The summed E-state index contributed by atoms with van der Waals surface area (Å²) in [5, 5.41) is 6.34. The number of rotatable bonds is 7. The lowest BCUT2D eigenvalue weighted by Gasteiger charge is -2.12. The number of hydrogen-bond donors (Lipinski definition) is 0. The highest BCUT2D eigenvalue weighted by molar-refractivity contribution is 9.10. The molecular weight excluding hydrogens is 452 g/mol. The molecule has 160 valence electrons. The highest BCUT2D eigenvalue weighted by Gasteiger charge is 2.13. The number of aryl methyl sites for hydroxylation is 1. The van der Waals surface area contributed by atoms with Crippen LogP contribution in [0.4, 0.5) is 0 Å². The van der Waals surface area contributed by atoms with Crippen molar-refractivity contribution in [2.24, 2.45) is 5.10 Å². The van der Waals surface area contributed by atoms with Crippen LogP contribution in [-0.4, -0.2) is 20.4 Å². The van der Waals surface area contributed by atoms with Gasteiger partial charge in [-0.2, -0.15) is 9.78 Å². The second-order valence-corrected chi connectivity index (χ2v) is 8.84. The van der Waals surface area contributed by atoms with Crippen molar-refractivity contribution in [2.45, 2.75) is 52.5 Å². The molecule has 0 aliphatic rings. The van der Waals surface area contributed by atoms with Gasteiger partial charge < -0.3 is 4.57 Å². The van der Waals surface area contributed by atoms with Gasteiger partial charge >= 0.3 is 0 Å². The molecule has 0 saturated heterocycles. The summed E-state index contributed by atoms with van der Waals surface area (Å²) in [7, 11) is 0. The van der Waals surface area contributed by atoms with Crippen LogP contribution in [0.5, 0.6) is 0 Å². The third-order valence-corrected chi connectivity index (χ3v) is 6.27. The Morgan fingerprint density at radius 3 is 2.74 bits per heavy atom. The van der Waals surface area contributed by atoms with Crippen LogP contribution in [0.1, 0.15) is 57.5 Å². The van der Waals surface area contributed by atoms with Crippen LogP contribution in [0, 0.1) is 0 Å². The van der Waals surface area contributed by atoms with Crippen molar-refractivity contribution >= 4 is 44.0 Å². The molecule has 0 N–H and O–H groups in total. The first-order chi connectivity index (χ1) is 15.0. The number of aromatic nitrogens is 3. The summed E-state index contributed by atoms with van der Waals surface area (Å²) in [6, 6.07) is 14.3. The van der Waals surface area contributed by atoms with Crippen LogP contribution in [0.2, 0.25) is 0 Å². The Morgan fingerprint density at radius 1 is 1.16 bits per heavy atom. The number of hydrogen-bond acceptors (Lipinski definition) is 3. The summed E-state index contributed by atoms with van der Waals surface area (Å²) >= 11 is 3.46. The average Bonchev–Trinajstić information content (AvgIpc) is 3.16. The zero-order valence-electron chi connectivity index (χ0n) is 18.2. The second-order valence-electron chi connectivity index (χ2n) is 7.92. The Bertz CT molecular complexity index is 1320. The quantitative estimate of drug-likeness (QED) is 0.292. The summed E-state index contributed by atoms with van der Waals surface area (Å²) < 4.78 is 4.61. The van der Waals surface area contributed by atoms with Crippen molar-refractivity contribution in [3.63, 3.8) is 0 Å². The van der Waals surface area contributed by atoms with E-state index >= 15 is 0 Å². The Kier molecular flexibility index (Phi) is 6.37. The predicted molar refractivity (Wildman–Crippen MR) is 132 cm³/mol. The molecule has 2 aromatic carbocycles. The fourth-order valence-electron chi connectivity index (χ4n) is 3.83. The first-order valence-electron chi connectivity index (χ1n) is 10.9. The molecule has 0 aliphatic heterocycles. The summed E-state index contributed by atoms with van der Waals surface area (Å²) in [5.74, 6) is 0.698. The van der Waals surface area contributed by atoms with Gasteiger partial charge in [-0.15, -0.1) is 0 Å². The van der Waals surface area contributed by atoms with Gasteiger partial charge in [0.05, 0.1) is 17.1 Å². The van der Waals surface area contributed by atoms with Crippen LogP contribution in [0.3, 0.4) is 0 Å². The van der Waals surface area contributed by atoms with Gasteiger partial charge in [0.15, 0.2) is 0 Å². The molecule has 0 amide bonds. The molecule has 4 rings (SSSR count). The molecule has 0 fully saturated rings. The maximum Gasteiger partial charge on any atom is 0.282 e. The van der Waals surface area contributed by atoms with Crippen molar-refractivity contribution < 1.29 is 0 Å². The molecule has 5 nitrogen and oxygen atoms in total. The summed E-state index contributed by atoms with van der Waals surface area (Å²) in [6.07, 6.45) is 7.66. The third kappa shape index (κ3) is 4.22. The second kappa shape index (κ2) is 9.18. The SMILES string of the molecule is CCCCc1nc2ccc(Br)cc2c(=O)n1N=Cc1cn([C@@H](C)CC)c2ccccc12. The predicted octanol–water partition coefficient (Wildman–Crippen LogP) is 6.31. The van der Waals surface area contributed by atoms with Gasteiger partial charge in [-0.3, -0.25) is 4.79 Å². The van der Waals surface area contributed by atoms with Crippen molar-refractivity contribution in [1.82, 2.24) is 14.2 Å². The number of benzene rings is 2. The molecule has 0 spiro atoms. The first kappa shape index (κ1) is 21.5. The lowest BCUT2D eigenvalue weighted by molar-refractivity contribution is 0.548. The molecule has 2 aromatic heterocycles. The third-order valence-electron chi connectivity index (χ3n) is 5.78. The molecule has 31 heavy (non-hydrogen) atoms. The van der Waals surface area contributed by atoms with E-state index in [2.05, 4.69) is 70.8 Å². The number of nitrogens with zero attached hydrogens (tertiary/aromatic N) is 4. The highest BCUT2D eigenvalue weighted by Crippen LogP contribution is 2.25. The zero-order valence-corrected chi connectivity index (χ0v) is 19.8. The molecule has 0 unspecified atom stereocenters. The topological polar surface area (TPSA) is 52.2 Å². The molecule has 6 heteroatoms. The smallest absolute Gasteiger partial charge is 0.282 e. The standard InChI is InChI=1S/C25H27BrN4O/c1-4-6-11-24-28-22-13-12-19(26)14-21(22)25(31)30(24)27-15-18-16-29(17(3)5-2)23-10-8-7-9-20(18)23/h7-10,12-17H,4-6,11H2,1-3H3/t17-/m0/s1. The Morgan fingerprint density at radius 2 is 1.97 bits per heavy atom. The maximum absolute atomic E-state index is 13.3. The van der Waals surface area contributed by atoms with Gasteiger partial charge in [0, 0.05) is 39.6 Å².